The molecule has 1 heterocycles. The third-order valence-electron chi connectivity index (χ3n) is 3.29. The Balaban J connectivity index is 2.27. The number of carbonyl (C=O) groups is 2. The van der Waals surface area contributed by atoms with Gasteiger partial charge in [0.25, 0.3) is 11.8 Å². The smallest absolute Gasteiger partial charge is 0.358 e. The summed E-state index contributed by atoms with van der Waals surface area (Å²) in [5.74, 6) is -1.66. The molecule has 118 valence electrons. The summed E-state index contributed by atoms with van der Waals surface area (Å²) >= 11 is 0. The monoisotopic (exact) mass is 313 g/mol. The zero-order chi connectivity index (χ0) is 17.0. The van der Waals surface area contributed by atoms with E-state index in [9.17, 15) is 19.7 Å². The van der Waals surface area contributed by atoms with E-state index in [-0.39, 0.29) is 5.56 Å². The van der Waals surface area contributed by atoms with Crippen LogP contribution in [0.2, 0.25) is 0 Å². The van der Waals surface area contributed by atoms with Crippen molar-refractivity contribution in [2.45, 2.75) is 20.3 Å². The third kappa shape index (κ3) is 3.76. The van der Waals surface area contributed by atoms with Crippen LogP contribution in [0.4, 0.5) is 5.82 Å². The number of pyridine rings is 1. The molecule has 0 aliphatic heterocycles. The van der Waals surface area contributed by atoms with E-state index in [2.05, 4.69) is 10.3 Å². The number of hydrogen-bond donors (Lipinski definition) is 1. The summed E-state index contributed by atoms with van der Waals surface area (Å²) in [7, 11) is 0. The molecule has 1 aromatic heterocycles. The van der Waals surface area contributed by atoms with Crippen molar-refractivity contribution < 1.29 is 14.5 Å². The fourth-order valence-electron chi connectivity index (χ4n) is 2.05. The number of aryl methyl sites for hydroxylation is 2. The fraction of sp³-hybridized carbons (Fsp3) is 0.188. The molecule has 0 spiro atoms. The molecule has 1 aromatic carbocycles. The van der Waals surface area contributed by atoms with Gasteiger partial charge in [0.2, 0.25) is 0 Å². The minimum Gasteiger partial charge on any atom is -0.358 e. The number of rotatable bonds is 4. The van der Waals surface area contributed by atoms with Crippen molar-refractivity contribution in [1.82, 2.24) is 10.3 Å². The van der Waals surface area contributed by atoms with Gasteiger partial charge in [0.05, 0.1) is 5.56 Å². The second-order valence-electron chi connectivity index (χ2n) is 4.91. The van der Waals surface area contributed by atoms with E-state index in [1.165, 1.54) is 6.07 Å². The average Bonchev–Trinajstić information content (AvgIpc) is 2.54. The Morgan fingerprint density at radius 1 is 1.22 bits per heavy atom. The van der Waals surface area contributed by atoms with E-state index in [1.54, 1.807) is 38.1 Å². The normalized spacial score (nSPS) is 10.2. The molecule has 2 aromatic rings. The quantitative estimate of drug-likeness (QED) is 0.530. The van der Waals surface area contributed by atoms with Crippen molar-refractivity contribution in [1.29, 1.82) is 0 Å². The lowest BCUT2D eigenvalue weighted by Crippen LogP contribution is -2.31. The average molecular weight is 313 g/mol. The van der Waals surface area contributed by atoms with Crippen LogP contribution in [0.25, 0.3) is 0 Å². The van der Waals surface area contributed by atoms with E-state index >= 15 is 0 Å². The molecule has 0 saturated heterocycles. The predicted octanol–water partition coefficient (Wildman–Crippen LogP) is 2.43. The van der Waals surface area contributed by atoms with Crippen LogP contribution in [0, 0.1) is 17.0 Å². The van der Waals surface area contributed by atoms with E-state index in [1.807, 2.05) is 0 Å². The Bertz CT molecular complexity index is 787. The van der Waals surface area contributed by atoms with Gasteiger partial charge in [-0.25, -0.2) is 0 Å². The third-order valence-corrected chi connectivity index (χ3v) is 3.29. The van der Waals surface area contributed by atoms with Crippen LogP contribution < -0.4 is 5.32 Å². The highest BCUT2D eigenvalue weighted by atomic mass is 16.6. The summed E-state index contributed by atoms with van der Waals surface area (Å²) in [6, 6.07) is 9.33. The summed E-state index contributed by atoms with van der Waals surface area (Å²) in [5.41, 5.74) is 1.55. The second-order valence-corrected chi connectivity index (χ2v) is 4.91. The molecule has 0 aliphatic carbocycles. The molecule has 0 aliphatic rings. The molecule has 0 atom stereocenters. The first-order chi connectivity index (χ1) is 10.9. The Hall–Kier alpha value is -3.09. The number of hydrogen-bond acceptors (Lipinski definition) is 5. The van der Waals surface area contributed by atoms with Crippen molar-refractivity contribution in [3.63, 3.8) is 0 Å². The zero-order valence-electron chi connectivity index (χ0n) is 12.7. The van der Waals surface area contributed by atoms with Gasteiger partial charge in [-0.3, -0.25) is 14.9 Å². The lowest BCUT2D eigenvalue weighted by molar-refractivity contribution is -0.389. The molecule has 2 rings (SSSR count). The summed E-state index contributed by atoms with van der Waals surface area (Å²) in [6.45, 7) is 3.53. The zero-order valence-corrected chi connectivity index (χ0v) is 12.7. The Morgan fingerprint density at radius 3 is 2.52 bits per heavy atom. The van der Waals surface area contributed by atoms with Crippen molar-refractivity contribution in [3.8, 4) is 0 Å². The maximum Gasteiger partial charge on any atom is 0.364 e. The lowest BCUT2D eigenvalue weighted by Gasteiger charge is -2.07. The van der Waals surface area contributed by atoms with Gasteiger partial charge >= 0.3 is 5.82 Å². The molecule has 0 unspecified atom stereocenters. The van der Waals surface area contributed by atoms with Gasteiger partial charge in [-0.1, -0.05) is 25.1 Å². The minimum absolute atomic E-state index is 0.0329. The van der Waals surface area contributed by atoms with Crippen LogP contribution in [0.3, 0.4) is 0 Å². The largest absolute Gasteiger partial charge is 0.364 e. The Labute approximate surface area is 132 Å². The van der Waals surface area contributed by atoms with Crippen LogP contribution in [0.15, 0.2) is 36.4 Å². The molecule has 7 nitrogen and oxygen atoms in total. The maximum atomic E-state index is 12.2. The van der Waals surface area contributed by atoms with Crippen molar-refractivity contribution in [3.05, 3.63) is 68.9 Å². The highest BCUT2D eigenvalue weighted by molar-refractivity contribution is 6.11. The standard InChI is InChI=1S/C16H15N3O4/c1-3-12-8-11(9-14(17-12)19(22)23)15(20)18-16(21)13-7-5-4-6-10(13)2/h4-9H,3H2,1-2H3,(H,18,20,21). The van der Waals surface area contributed by atoms with Crippen molar-refractivity contribution in [2.24, 2.45) is 0 Å². The molecule has 7 heteroatoms. The summed E-state index contributed by atoms with van der Waals surface area (Å²) in [6.07, 6.45) is 0.438. The second kappa shape index (κ2) is 6.78. The molecular formula is C16H15N3O4. The van der Waals surface area contributed by atoms with Gasteiger partial charge in [0.15, 0.2) is 5.69 Å². The molecule has 0 radical (unpaired) electrons. The number of amides is 2. The van der Waals surface area contributed by atoms with Gasteiger partial charge in [0.1, 0.15) is 0 Å². The van der Waals surface area contributed by atoms with Crippen molar-refractivity contribution in [2.75, 3.05) is 0 Å². The van der Waals surface area contributed by atoms with Crippen LogP contribution in [0.1, 0.15) is 38.9 Å². The SMILES string of the molecule is CCc1cc(C(=O)NC(=O)c2ccccc2C)cc([N+](=O)[O-])n1. The first-order valence-corrected chi connectivity index (χ1v) is 6.99. The Morgan fingerprint density at radius 2 is 1.91 bits per heavy atom. The van der Waals surface area contributed by atoms with Gasteiger partial charge in [0, 0.05) is 18.1 Å². The molecule has 0 saturated carbocycles. The van der Waals surface area contributed by atoms with Gasteiger partial charge in [-0.05, 0) is 34.5 Å². The number of aromatic nitrogens is 1. The van der Waals surface area contributed by atoms with E-state index in [4.69, 9.17) is 0 Å². The van der Waals surface area contributed by atoms with Gasteiger partial charge in [-0.2, -0.15) is 0 Å². The van der Waals surface area contributed by atoms with Crippen LogP contribution in [-0.4, -0.2) is 21.7 Å². The molecule has 23 heavy (non-hydrogen) atoms. The van der Waals surface area contributed by atoms with E-state index < -0.39 is 22.6 Å². The predicted molar refractivity (Wildman–Crippen MR) is 83.2 cm³/mol. The van der Waals surface area contributed by atoms with Crippen LogP contribution >= 0.6 is 0 Å². The van der Waals surface area contributed by atoms with Crippen molar-refractivity contribution >= 4 is 17.6 Å². The highest BCUT2D eigenvalue weighted by Crippen LogP contribution is 2.14. The molecule has 0 bridgehead atoms. The van der Waals surface area contributed by atoms with Gasteiger partial charge in [-0.15, -0.1) is 0 Å². The highest BCUT2D eigenvalue weighted by Gasteiger charge is 2.19. The van der Waals surface area contributed by atoms with Crippen LogP contribution in [-0.2, 0) is 6.42 Å². The van der Waals surface area contributed by atoms with E-state index in [0.717, 1.165) is 11.6 Å². The van der Waals surface area contributed by atoms with E-state index in [0.29, 0.717) is 17.7 Å². The topological polar surface area (TPSA) is 102 Å². The summed E-state index contributed by atoms with van der Waals surface area (Å²) < 4.78 is 0. The first-order valence-electron chi connectivity index (χ1n) is 6.99. The fourth-order valence-corrected chi connectivity index (χ4v) is 2.05. The number of nitrogens with zero attached hydrogens (tertiary/aromatic N) is 2. The number of imide groups is 1. The van der Waals surface area contributed by atoms with Gasteiger partial charge < -0.3 is 10.1 Å². The number of benzene rings is 1. The Kier molecular flexibility index (Phi) is 4.80. The molecular weight excluding hydrogens is 298 g/mol. The summed E-state index contributed by atoms with van der Waals surface area (Å²) in [4.78, 5) is 38.4. The minimum atomic E-state index is -0.696. The molecule has 2 amide bonds. The number of carbonyl (C=O) groups excluding carboxylic acids is 2. The maximum absolute atomic E-state index is 12.2. The first kappa shape index (κ1) is 16.3. The molecule has 1 N–H and O–H groups in total. The lowest BCUT2D eigenvalue weighted by atomic mass is 10.1. The molecule has 0 fully saturated rings. The summed E-state index contributed by atoms with van der Waals surface area (Å²) in [5, 5.41) is 13.1. The van der Waals surface area contributed by atoms with Crippen LogP contribution in [0.5, 0.6) is 0 Å². The number of nitrogens with one attached hydrogen (secondary N) is 1. The number of nitro groups is 1.